The van der Waals surface area contributed by atoms with E-state index in [1.54, 1.807) is 12.1 Å². The van der Waals surface area contributed by atoms with Crippen LogP contribution in [0.5, 0.6) is 0 Å². The highest BCUT2D eigenvalue weighted by Crippen LogP contribution is 2.28. The maximum Gasteiger partial charge on any atom is 0.343 e. The number of ether oxygens (including phenoxy) is 1. The van der Waals surface area contributed by atoms with E-state index in [1.807, 2.05) is 0 Å². The van der Waals surface area contributed by atoms with Gasteiger partial charge in [0.15, 0.2) is 5.60 Å². The highest BCUT2D eigenvalue weighted by atomic mass is 35.5. The van der Waals surface area contributed by atoms with Crippen molar-refractivity contribution in [3.63, 3.8) is 0 Å². The minimum Gasteiger partial charge on any atom is -0.467 e. The van der Waals surface area contributed by atoms with Gasteiger partial charge in [-0.05, 0) is 24.6 Å². The molecule has 92 valence electrons. The summed E-state index contributed by atoms with van der Waals surface area (Å²) in [6.07, 6.45) is -0.347. The van der Waals surface area contributed by atoms with Gasteiger partial charge in [-0.1, -0.05) is 23.7 Å². The van der Waals surface area contributed by atoms with Crippen LogP contribution in [-0.2, 0) is 19.9 Å². The monoisotopic (exact) mass is 256 g/mol. The molecule has 17 heavy (non-hydrogen) atoms. The van der Waals surface area contributed by atoms with Gasteiger partial charge in [-0.15, -0.1) is 0 Å². The van der Waals surface area contributed by atoms with Crippen molar-refractivity contribution in [1.29, 1.82) is 0 Å². The van der Waals surface area contributed by atoms with Gasteiger partial charge >= 0.3 is 5.97 Å². The summed E-state index contributed by atoms with van der Waals surface area (Å²) in [5, 5.41) is 10.7. The average molecular weight is 257 g/mol. The largest absolute Gasteiger partial charge is 0.467 e. The molecule has 5 heteroatoms. The van der Waals surface area contributed by atoms with Crippen molar-refractivity contribution in [1.82, 2.24) is 0 Å². The number of carbonyl (C=O) groups is 2. The zero-order chi connectivity index (χ0) is 13.1. The molecular weight excluding hydrogens is 244 g/mol. The topological polar surface area (TPSA) is 63.6 Å². The first-order valence-corrected chi connectivity index (χ1v) is 5.34. The number of methoxy groups -OCH3 is 1. The lowest BCUT2D eigenvalue weighted by atomic mass is 9.89. The summed E-state index contributed by atoms with van der Waals surface area (Å²) in [6.45, 7) is 1.29. The highest BCUT2D eigenvalue weighted by Gasteiger charge is 2.40. The Kier molecular flexibility index (Phi) is 4.26. The molecule has 1 rings (SSSR count). The molecule has 0 saturated heterocycles. The van der Waals surface area contributed by atoms with Gasteiger partial charge in [0.25, 0.3) is 0 Å². The van der Waals surface area contributed by atoms with Gasteiger partial charge in [0.05, 0.1) is 7.11 Å². The van der Waals surface area contributed by atoms with Crippen LogP contribution >= 0.6 is 11.6 Å². The van der Waals surface area contributed by atoms with Gasteiger partial charge < -0.3 is 9.84 Å². The summed E-state index contributed by atoms with van der Waals surface area (Å²) >= 11 is 5.79. The second-order valence-electron chi connectivity index (χ2n) is 3.74. The molecule has 0 unspecified atom stereocenters. The SMILES string of the molecule is COC(=O)[C@](O)(CC(C)=O)c1cccc(Cl)c1. The molecule has 0 aliphatic rings. The Hall–Kier alpha value is -1.39. The molecule has 0 aliphatic carbocycles. The molecule has 0 radical (unpaired) electrons. The Labute approximate surface area is 104 Å². The summed E-state index contributed by atoms with van der Waals surface area (Å²) in [6, 6.07) is 6.15. The third-order valence-electron chi connectivity index (χ3n) is 2.33. The summed E-state index contributed by atoms with van der Waals surface area (Å²) in [5.41, 5.74) is -1.74. The van der Waals surface area contributed by atoms with Crippen LogP contribution in [0.4, 0.5) is 0 Å². The number of benzene rings is 1. The lowest BCUT2D eigenvalue weighted by molar-refractivity contribution is -0.166. The Morgan fingerprint density at radius 2 is 2.12 bits per heavy atom. The number of hydrogen-bond acceptors (Lipinski definition) is 4. The molecule has 1 N–H and O–H groups in total. The van der Waals surface area contributed by atoms with Gasteiger partial charge in [0, 0.05) is 11.4 Å². The van der Waals surface area contributed by atoms with Crippen LogP contribution in [0.15, 0.2) is 24.3 Å². The van der Waals surface area contributed by atoms with E-state index in [0.29, 0.717) is 5.02 Å². The number of carbonyl (C=O) groups excluding carboxylic acids is 2. The molecule has 1 atom stereocenters. The van der Waals surface area contributed by atoms with Crippen LogP contribution in [0, 0.1) is 0 Å². The average Bonchev–Trinajstić information content (AvgIpc) is 2.26. The maximum atomic E-state index is 11.6. The fourth-order valence-corrected chi connectivity index (χ4v) is 1.76. The van der Waals surface area contributed by atoms with Crippen LogP contribution in [0.2, 0.25) is 5.02 Å². The second kappa shape index (κ2) is 5.29. The van der Waals surface area contributed by atoms with E-state index in [9.17, 15) is 14.7 Å². The fraction of sp³-hybridized carbons (Fsp3) is 0.333. The number of Topliss-reactive ketones (excluding diaryl/α,β-unsaturated/α-hetero) is 1. The van der Waals surface area contributed by atoms with Crippen molar-refractivity contribution in [2.24, 2.45) is 0 Å². The number of rotatable bonds is 4. The Morgan fingerprint density at radius 3 is 2.59 bits per heavy atom. The zero-order valence-electron chi connectivity index (χ0n) is 9.57. The molecule has 1 aromatic rings. The van der Waals surface area contributed by atoms with E-state index < -0.39 is 11.6 Å². The molecule has 4 nitrogen and oxygen atoms in total. The number of ketones is 1. The predicted molar refractivity (Wildman–Crippen MR) is 62.7 cm³/mol. The van der Waals surface area contributed by atoms with E-state index in [-0.39, 0.29) is 17.8 Å². The quantitative estimate of drug-likeness (QED) is 0.833. The zero-order valence-corrected chi connectivity index (χ0v) is 10.3. The van der Waals surface area contributed by atoms with Crippen molar-refractivity contribution in [2.45, 2.75) is 18.9 Å². The van der Waals surface area contributed by atoms with Gasteiger partial charge in [-0.3, -0.25) is 4.79 Å². The third-order valence-corrected chi connectivity index (χ3v) is 2.57. The van der Waals surface area contributed by atoms with Crippen LogP contribution < -0.4 is 0 Å². The van der Waals surface area contributed by atoms with Crippen LogP contribution in [-0.4, -0.2) is 24.0 Å². The number of esters is 1. The van der Waals surface area contributed by atoms with E-state index in [1.165, 1.54) is 19.1 Å². The standard InChI is InChI=1S/C12H13ClO4/c1-8(14)7-12(16,11(15)17-2)9-4-3-5-10(13)6-9/h3-6,16H,7H2,1-2H3/t12-/m0/s1. The minimum absolute atomic E-state index is 0.243. The number of halogens is 1. The molecule has 0 amide bonds. The predicted octanol–water partition coefficient (Wildman–Crippen LogP) is 1.68. The Balaban J connectivity index is 3.23. The molecule has 0 saturated carbocycles. The lowest BCUT2D eigenvalue weighted by Gasteiger charge is -2.24. The van der Waals surface area contributed by atoms with Gasteiger partial charge in [0.2, 0.25) is 0 Å². The molecule has 0 aliphatic heterocycles. The molecule has 0 heterocycles. The maximum absolute atomic E-state index is 11.6. The molecule has 0 bridgehead atoms. The first kappa shape index (κ1) is 13.7. The molecular formula is C12H13ClO4. The van der Waals surface area contributed by atoms with E-state index in [4.69, 9.17) is 11.6 Å². The van der Waals surface area contributed by atoms with Crippen molar-refractivity contribution >= 4 is 23.4 Å². The van der Waals surface area contributed by atoms with Gasteiger partial charge in [-0.25, -0.2) is 4.79 Å². The fourth-order valence-electron chi connectivity index (χ4n) is 1.57. The normalized spacial score (nSPS) is 13.9. The van der Waals surface area contributed by atoms with E-state index in [2.05, 4.69) is 4.74 Å². The van der Waals surface area contributed by atoms with E-state index >= 15 is 0 Å². The summed E-state index contributed by atoms with van der Waals surface area (Å²) in [4.78, 5) is 22.8. The Bertz CT molecular complexity index is 444. The number of aliphatic hydroxyl groups is 1. The highest BCUT2D eigenvalue weighted by molar-refractivity contribution is 6.30. The number of hydrogen-bond donors (Lipinski definition) is 1. The molecule has 0 spiro atoms. The van der Waals surface area contributed by atoms with Gasteiger partial charge in [0.1, 0.15) is 5.78 Å². The van der Waals surface area contributed by atoms with Crippen LogP contribution in [0.25, 0.3) is 0 Å². The van der Waals surface area contributed by atoms with Crippen molar-refractivity contribution < 1.29 is 19.4 Å². The second-order valence-corrected chi connectivity index (χ2v) is 4.18. The Morgan fingerprint density at radius 1 is 1.47 bits per heavy atom. The summed E-state index contributed by atoms with van der Waals surface area (Å²) in [7, 11) is 1.15. The third kappa shape index (κ3) is 3.05. The van der Waals surface area contributed by atoms with Crippen molar-refractivity contribution in [2.75, 3.05) is 7.11 Å². The van der Waals surface area contributed by atoms with Crippen LogP contribution in [0.3, 0.4) is 0 Å². The van der Waals surface area contributed by atoms with E-state index in [0.717, 1.165) is 7.11 Å². The minimum atomic E-state index is -1.98. The lowest BCUT2D eigenvalue weighted by Crippen LogP contribution is -2.38. The molecule has 1 aromatic carbocycles. The van der Waals surface area contributed by atoms with Crippen LogP contribution in [0.1, 0.15) is 18.9 Å². The first-order valence-electron chi connectivity index (χ1n) is 4.96. The molecule has 0 aromatic heterocycles. The van der Waals surface area contributed by atoms with Gasteiger partial charge in [-0.2, -0.15) is 0 Å². The first-order chi connectivity index (χ1) is 7.90. The van der Waals surface area contributed by atoms with Crippen molar-refractivity contribution in [3.8, 4) is 0 Å². The smallest absolute Gasteiger partial charge is 0.343 e. The summed E-state index contributed by atoms with van der Waals surface area (Å²) in [5.74, 6) is -1.20. The van der Waals surface area contributed by atoms with Crippen molar-refractivity contribution in [3.05, 3.63) is 34.9 Å². The summed E-state index contributed by atoms with van der Waals surface area (Å²) < 4.78 is 4.53. The molecule has 0 fully saturated rings.